The van der Waals surface area contributed by atoms with Crippen LogP contribution in [0.15, 0.2) is 12.1 Å². The number of amides is 2. The topological polar surface area (TPSA) is 54.0 Å². The van der Waals surface area contributed by atoms with Crippen LogP contribution in [0.2, 0.25) is 0 Å². The Kier molecular flexibility index (Phi) is 6.77. The number of fused-ring (bicyclic) bond motifs is 5. The van der Waals surface area contributed by atoms with Crippen LogP contribution in [-0.2, 0) is 6.42 Å². The van der Waals surface area contributed by atoms with Gasteiger partial charge in [-0.15, -0.1) is 0 Å². The standard InChI is InChI=1S/C26H39N3O3/c1-2-3-4-5-6-7-11-27-26(30)29-12-8-9-20-17-28-13-10-19-14-24-25(32-18-31-24)15-21(19)23(28)16-22(20)29/h14-15,20,22-23H,2-13,16-18H2,1H3,(H,27,30). The first-order valence-electron chi connectivity index (χ1n) is 13.0. The Balaban J connectivity index is 1.22. The number of urea groups is 1. The molecule has 176 valence electrons. The van der Waals surface area contributed by atoms with Crippen LogP contribution in [0.25, 0.3) is 0 Å². The first-order valence-corrected chi connectivity index (χ1v) is 13.0. The Morgan fingerprint density at radius 2 is 1.91 bits per heavy atom. The monoisotopic (exact) mass is 441 g/mol. The number of hydrogen-bond donors (Lipinski definition) is 1. The van der Waals surface area contributed by atoms with Gasteiger partial charge in [0, 0.05) is 38.3 Å². The normalized spacial score (nSPS) is 26.3. The summed E-state index contributed by atoms with van der Waals surface area (Å²) in [5.41, 5.74) is 2.78. The summed E-state index contributed by atoms with van der Waals surface area (Å²) in [4.78, 5) is 17.9. The van der Waals surface area contributed by atoms with Gasteiger partial charge in [-0.25, -0.2) is 4.79 Å². The van der Waals surface area contributed by atoms with Gasteiger partial charge in [-0.1, -0.05) is 39.0 Å². The fourth-order valence-electron chi connectivity index (χ4n) is 6.29. The van der Waals surface area contributed by atoms with Crippen molar-refractivity contribution >= 4 is 6.03 Å². The number of nitrogens with zero attached hydrogens (tertiary/aromatic N) is 2. The molecule has 0 spiro atoms. The van der Waals surface area contributed by atoms with Crippen molar-refractivity contribution in [3.63, 3.8) is 0 Å². The zero-order valence-corrected chi connectivity index (χ0v) is 19.6. The van der Waals surface area contributed by atoms with E-state index in [-0.39, 0.29) is 6.03 Å². The Morgan fingerprint density at radius 3 is 2.78 bits per heavy atom. The van der Waals surface area contributed by atoms with Crippen molar-refractivity contribution in [1.82, 2.24) is 15.1 Å². The first kappa shape index (κ1) is 21.9. The highest BCUT2D eigenvalue weighted by molar-refractivity contribution is 5.74. The number of carbonyl (C=O) groups is 1. The number of likely N-dealkylation sites (tertiary alicyclic amines) is 1. The van der Waals surface area contributed by atoms with Crippen molar-refractivity contribution in [3.05, 3.63) is 23.3 Å². The molecule has 6 heteroatoms. The second-order valence-electron chi connectivity index (χ2n) is 10.1. The van der Waals surface area contributed by atoms with Crippen LogP contribution in [0.3, 0.4) is 0 Å². The molecule has 1 aromatic carbocycles. The maximum absolute atomic E-state index is 13.1. The molecule has 2 amide bonds. The van der Waals surface area contributed by atoms with Gasteiger partial charge < -0.3 is 19.7 Å². The third-order valence-corrected chi connectivity index (χ3v) is 8.02. The number of unbranched alkanes of at least 4 members (excludes halogenated alkanes) is 5. The summed E-state index contributed by atoms with van der Waals surface area (Å²) < 4.78 is 11.3. The van der Waals surface area contributed by atoms with E-state index >= 15 is 0 Å². The van der Waals surface area contributed by atoms with Gasteiger partial charge in [-0.05, 0) is 61.3 Å². The van der Waals surface area contributed by atoms with Gasteiger partial charge in [-0.3, -0.25) is 4.90 Å². The third-order valence-electron chi connectivity index (χ3n) is 8.02. The zero-order valence-electron chi connectivity index (χ0n) is 19.6. The SMILES string of the molecule is CCCCCCCCNC(=O)N1CCCC2CN3CCc4cc5c(cc4C3CC21)OCO5. The quantitative estimate of drug-likeness (QED) is 0.614. The molecule has 4 aliphatic heterocycles. The summed E-state index contributed by atoms with van der Waals surface area (Å²) in [5, 5.41) is 3.24. The fraction of sp³-hybridized carbons (Fsp3) is 0.731. The van der Waals surface area contributed by atoms with E-state index < -0.39 is 0 Å². The average molecular weight is 442 g/mol. The van der Waals surface area contributed by atoms with Crippen molar-refractivity contribution in [3.8, 4) is 11.5 Å². The van der Waals surface area contributed by atoms with Crippen molar-refractivity contribution in [2.45, 2.75) is 83.2 Å². The average Bonchev–Trinajstić information content (AvgIpc) is 3.28. The summed E-state index contributed by atoms with van der Waals surface area (Å²) in [6.07, 6.45) is 12.0. The molecule has 4 heterocycles. The molecule has 0 bridgehead atoms. The minimum absolute atomic E-state index is 0.156. The Bertz CT molecular complexity index is 814. The summed E-state index contributed by atoms with van der Waals surface area (Å²) in [6.45, 7) is 6.47. The summed E-state index contributed by atoms with van der Waals surface area (Å²) in [5.74, 6) is 2.36. The number of benzene rings is 1. The molecule has 5 rings (SSSR count). The molecule has 0 radical (unpaired) electrons. The molecule has 32 heavy (non-hydrogen) atoms. The molecule has 2 fully saturated rings. The lowest BCUT2D eigenvalue weighted by molar-refractivity contribution is 0.00571. The molecule has 2 saturated heterocycles. The zero-order chi connectivity index (χ0) is 21.9. The maximum atomic E-state index is 13.1. The van der Waals surface area contributed by atoms with Crippen LogP contribution in [0.5, 0.6) is 11.5 Å². The highest BCUT2D eigenvalue weighted by atomic mass is 16.7. The highest BCUT2D eigenvalue weighted by Crippen LogP contribution is 2.46. The molecule has 0 aliphatic carbocycles. The number of nitrogens with one attached hydrogen (secondary N) is 1. The second-order valence-corrected chi connectivity index (χ2v) is 10.1. The summed E-state index contributed by atoms with van der Waals surface area (Å²) >= 11 is 0. The lowest BCUT2D eigenvalue weighted by atomic mass is 9.76. The maximum Gasteiger partial charge on any atom is 0.317 e. The summed E-state index contributed by atoms with van der Waals surface area (Å²) in [6, 6.07) is 5.27. The van der Waals surface area contributed by atoms with Crippen LogP contribution in [-0.4, -0.2) is 54.8 Å². The van der Waals surface area contributed by atoms with Gasteiger partial charge in [0.1, 0.15) is 0 Å². The fourth-order valence-corrected chi connectivity index (χ4v) is 6.29. The van der Waals surface area contributed by atoms with Gasteiger partial charge in [0.15, 0.2) is 11.5 Å². The van der Waals surface area contributed by atoms with Crippen molar-refractivity contribution < 1.29 is 14.3 Å². The molecule has 3 atom stereocenters. The Morgan fingerprint density at radius 1 is 1.09 bits per heavy atom. The third kappa shape index (κ3) is 4.43. The molecule has 3 unspecified atom stereocenters. The minimum Gasteiger partial charge on any atom is -0.454 e. The van der Waals surface area contributed by atoms with Gasteiger partial charge in [-0.2, -0.15) is 0 Å². The van der Waals surface area contributed by atoms with Crippen molar-refractivity contribution in [1.29, 1.82) is 0 Å². The van der Waals surface area contributed by atoms with E-state index in [4.69, 9.17) is 9.47 Å². The second kappa shape index (κ2) is 9.90. The molecular formula is C26H39N3O3. The van der Waals surface area contributed by atoms with Crippen LogP contribution >= 0.6 is 0 Å². The lowest BCUT2D eigenvalue weighted by Crippen LogP contribution is -2.59. The Labute approximate surface area is 192 Å². The van der Waals surface area contributed by atoms with Crippen molar-refractivity contribution in [2.24, 2.45) is 5.92 Å². The number of piperidine rings is 2. The van der Waals surface area contributed by atoms with Crippen LogP contribution in [0, 0.1) is 5.92 Å². The smallest absolute Gasteiger partial charge is 0.317 e. The van der Waals surface area contributed by atoms with Gasteiger partial charge in [0.2, 0.25) is 6.79 Å². The van der Waals surface area contributed by atoms with E-state index in [9.17, 15) is 4.79 Å². The molecular weight excluding hydrogens is 402 g/mol. The van der Waals surface area contributed by atoms with E-state index in [0.29, 0.717) is 24.8 Å². The van der Waals surface area contributed by atoms with Crippen LogP contribution in [0.4, 0.5) is 4.79 Å². The number of hydrogen-bond acceptors (Lipinski definition) is 4. The number of rotatable bonds is 7. The van der Waals surface area contributed by atoms with E-state index in [0.717, 1.165) is 63.4 Å². The van der Waals surface area contributed by atoms with Gasteiger partial charge in [0.25, 0.3) is 0 Å². The predicted molar refractivity (Wildman–Crippen MR) is 125 cm³/mol. The molecule has 1 N–H and O–H groups in total. The summed E-state index contributed by atoms with van der Waals surface area (Å²) in [7, 11) is 0. The molecule has 4 aliphatic rings. The van der Waals surface area contributed by atoms with E-state index in [1.54, 1.807) is 0 Å². The molecule has 0 saturated carbocycles. The van der Waals surface area contributed by atoms with Gasteiger partial charge >= 0.3 is 6.03 Å². The van der Waals surface area contributed by atoms with E-state index in [2.05, 4.69) is 34.2 Å². The molecule has 0 aromatic heterocycles. The van der Waals surface area contributed by atoms with Crippen LogP contribution in [0.1, 0.15) is 81.9 Å². The van der Waals surface area contributed by atoms with E-state index in [1.807, 2.05) is 0 Å². The number of carbonyl (C=O) groups excluding carboxylic acids is 1. The molecule has 1 aromatic rings. The van der Waals surface area contributed by atoms with E-state index in [1.165, 1.54) is 49.7 Å². The largest absolute Gasteiger partial charge is 0.454 e. The minimum atomic E-state index is 0.156. The first-order chi connectivity index (χ1) is 15.7. The van der Waals surface area contributed by atoms with Crippen LogP contribution < -0.4 is 14.8 Å². The lowest BCUT2D eigenvalue weighted by Gasteiger charge is -2.52. The molecule has 6 nitrogen and oxygen atoms in total. The number of ether oxygens (including phenoxy) is 2. The predicted octanol–water partition coefficient (Wildman–Crippen LogP) is 4.87. The highest BCUT2D eigenvalue weighted by Gasteiger charge is 2.44. The Hall–Kier alpha value is -1.95. The van der Waals surface area contributed by atoms with Crippen molar-refractivity contribution in [2.75, 3.05) is 33.0 Å². The van der Waals surface area contributed by atoms with Gasteiger partial charge in [0.05, 0.1) is 0 Å².